The third-order valence-electron chi connectivity index (χ3n) is 2.36. The lowest BCUT2D eigenvalue weighted by atomic mass is 10.2. The van der Waals surface area contributed by atoms with Gasteiger partial charge in [0.2, 0.25) is 0 Å². The van der Waals surface area contributed by atoms with Crippen molar-refractivity contribution in [1.29, 1.82) is 0 Å². The Bertz CT molecular complexity index is 582. The van der Waals surface area contributed by atoms with Crippen molar-refractivity contribution in [2.24, 2.45) is 0 Å². The molecule has 1 aromatic carbocycles. The maximum atomic E-state index is 10.9. The molecule has 94 valence electrons. The van der Waals surface area contributed by atoms with E-state index < -0.39 is 4.92 Å². The molecule has 4 nitrogen and oxygen atoms in total. The minimum Gasteiger partial charge on any atom is -0.481 e. The number of nitro groups is 1. The summed E-state index contributed by atoms with van der Waals surface area (Å²) in [5.41, 5.74) is 0.925. The van der Waals surface area contributed by atoms with Gasteiger partial charge in [0, 0.05) is 10.5 Å². The van der Waals surface area contributed by atoms with Crippen LogP contribution >= 0.6 is 27.3 Å². The fourth-order valence-corrected chi connectivity index (χ4v) is 2.84. The van der Waals surface area contributed by atoms with Crippen LogP contribution in [0.15, 0.2) is 34.1 Å². The van der Waals surface area contributed by atoms with E-state index in [-0.39, 0.29) is 5.69 Å². The zero-order valence-electron chi connectivity index (χ0n) is 9.55. The first-order valence-corrected chi connectivity index (χ1v) is 6.85. The van der Waals surface area contributed by atoms with Gasteiger partial charge in [-0.2, -0.15) is 0 Å². The average molecular weight is 328 g/mol. The van der Waals surface area contributed by atoms with Gasteiger partial charge in [-0.15, -0.1) is 11.3 Å². The molecule has 6 heteroatoms. The topological polar surface area (TPSA) is 52.4 Å². The molecule has 2 rings (SSSR count). The smallest absolute Gasteiger partial charge is 0.310 e. The third-order valence-corrected chi connectivity index (χ3v) is 4.26. The van der Waals surface area contributed by atoms with Crippen LogP contribution in [-0.4, -0.2) is 4.92 Å². The number of rotatable bonds is 4. The Hall–Kier alpha value is -1.40. The van der Waals surface area contributed by atoms with Crippen molar-refractivity contribution in [2.75, 3.05) is 0 Å². The first kappa shape index (κ1) is 13.0. The van der Waals surface area contributed by atoms with Gasteiger partial charge in [0.1, 0.15) is 6.61 Å². The molecule has 0 bridgehead atoms. The fourth-order valence-electron chi connectivity index (χ4n) is 1.46. The van der Waals surface area contributed by atoms with E-state index in [2.05, 4.69) is 15.9 Å². The summed E-state index contributed by atoms with van der Waals surface area (Å²) in [6.07, 6.45) is 0. The lowest BCUT2D eigenvalue weighted by Crippen LogP contribution is -1.98. The van der Waals surface area contributed by atoms with E-state index in [1.807, 2.05) is 18.4 Å². The molecular weight excluding hydrogens is 318 g/mol. The summed E-state index contributed by atoms with van der Waals surface area (Å²) in [4.78, 5) is 11.5. The quantitative estimate of drug-likeness (QED) is 0.621. The van der Waals surface area contributed by atoms with Gasteiger partial charge < -0.3 is 4.74 Å². The molecule has 0 radical (unpaired) electrons. The van der Waals surface area contributed by atoms with Crippen LogP contribution in [0, 0.1) is 17.0 Å². The molecule has 0 aliphatic heterocycles. The second-order valence-electron chi connectivity index (χ2n) is 3.71. The van der Waals surface area contributed by atoms with Crippen LogP contribution in [0.4, 0.5) is 5.69 Å². The molecule has 0 aliphatic rings. The van der Waals surface area contributed by atoms with E-state index >= 15 is 0 Å². The van der Waals surface area contributed by atoms with E-state index in [9.17, 15) is 10.1 Å². The van der Waals surface area contributed by atoms with Gasteiger partial charge >= 0.3 is 5.69 Å². The van der Waals surface area contributed by atoms with Gasteiger partial charge in [0.15, 0.2) is 5.75 Å². The van der Waals surface area contributed by atoms with Crippen molar-refractivity contribution >= 4 is 33.0 Å². The molecule has 0 spiro atoms. The Morgan fingerprint density at radius 1 is 1.44 bits per heavy atom. The van der Waals surface area contributed by atoms with Crippen LogP contribution in [0.3, 0.4) is 0 Å². The van der Waals surface area contributed by atoms with Crippen LogP contribution < -0.4 is 4.74 Å². The predicted octanol–water partition coefficient (Wildman–Crippen LogP) is 4.31. The van der Waals surface area contributed by atoms with Gasteiger partial charge in [-0.3, -0.25) is 10.1 Å². The largest absolute Gasteiger partial charge is 0.481 e. The molecule has 0 fully saturated rings. The van der Waals surface area contributed by atoms with Gasteiger partial charge in [-0.1, -0.05) is 6.07 Å². The zero-order chi connectivity index (χ0) is 13.1. The molecule has 18 heavy (non-hydrogen) atoms. The number of nitro benzene ring substituents is 1. The molecule has 0 atom stereocenters. The van der Waals surface area contributed by atoms with Crippen LogP contribution in [0.1, 0.15) is 10.4 Å². The van der Waals surface area contributed by atoms with Gasteiger partial charge in [0.25, 0.3) is 0 Å². The molecule has 2 aromatic rings. The van der Waals surface area contributed by atoms with Crippen molar-refractivity contribution in [3.05, 3.63) is 54.7 Å². The minimum atomic E-state index is -0.432. The molecule has 0 unspecified atom stereocenters. The highest BCUT2D eigenvalue weighted by atomic mass is 79.9. The predicted molar refractivity (Wildman–Crippen MR) is 74.2 cm³/mol. The van der Waals surface area contributed by atoms with E-state index in [1.165, 1.54) is 6.07 Å². The van der Waals surface area contributed by atoms with E-state index in [0.717, 1.165) is 14.9 Å². The van der Waals surface area contributed by atoms with Crippen molar-refractivity contribution in [2.45, 2.75) is 13.5 Å². The number of halogens is 1. The number of hydrogen-bond donors (Lipinski definition) is 0. The minimum absolute atomic E-state index is 0.00622. The molecule has 0 saturated heterocycles. The normalized spacial score (nSPS) is 10.3. The van der Waals surface area contributed by atoms with Crippen LogP contribution in [0.2, 0.25) is 0 Å². The summed E-state index contributed by atoms with van der Waals surface area (Å²) in [6, 6.07) is 6.77. The van der Waals surface area contributed by atoms with Crippen LogP contribution in [0.25, 0.3) is 0 Å². The van der Waals surface area contributed by atoms with Crippen LogP contribution in [-0.2, 0) is 6.61 Å². The van der Waals surface area contributed by atoms with Crippen molar-refractivity contribution in [3.63, 3.8) is 0 Å². The summed E-state index contributed by atoms with van der Waals surface area (Å²) in [5, 5.41) is 12.8. The summed E-state index contributed by atoms with van der Waals surface area (Å²) >= 11 is 4.94. The molecule has 0 amide bonds. The summed E-state index contributed by atoms with van der Waals surface area (Å²) < 4.78 is 6.50. The van der Waals surface area contributed by atoms with E-state index in [0.29, 0.717) is 12.4 Å². The molecule has 0 saturated carbocycles. The fraction of sp³-hybridized carbons (Fsp3) is 0.167. The zero-order valence-corrected chi connectivity index (χ0v) is 12.0. The summed E-state index contributed by atoms with van der Waals surface area (Å²) in [7, 11) is 0. The Morgan fingerprint density at radius 3 is 2.83 bits per heavy atom. The highest BCUT2D eigenvalue weighted by Crippen LogP contribution is 2.30. The SMILES string of the molecule is Cc1ccc([N+](=O)[O-])c(OCc2sccc2Br)c1. The van der Waals surface area contributed by atoms with E-state index in [1.54, 1.807) is 23.5 Å². The highest BCUT2D eigenvalue weighted by Gasteiger charge is 2.15. The molecular formula is C12H10BrNO3S. The molecule has 1 heterocycles. The number of nitrogens with zero attached hydrogens (tertiary/aromatic N) is 1. The Balaban J connectivity index is 2.20. The summed E-state index contributed by atoms with van der Waals surface area (Å²) in [5.74, 6) is 0.306. The van der Waals surface area contributed by atoms with Gasteiger partial charge in [0.05, 0.1) is 9.80 Å². The van der Waals surface area contributed by atoms with Gasteiger partial charge in [-0.25, -0.2) is 0 Å². The van der Waals surface area contributed by atoms with Crippen LogP contribution in [0.5, 0.6) is 5.75 Å². The summed E-state index contributed by atoms with van der Waals surface area (Å²) in [6.45, 7) is 2.19. The number of aryl methyl sites for hydroxylation is 1. The highest BCUT2D eigenvalue weighted by molar-refractivity contribution is 9.10. The van der Waals surface area contributed by atoms with Crippen molar-refractivity contribution in [1.82, 2.24) is 0 Å². The van der Waals surface area contributed by atoms with Crippen molar-refractivity contribution < 1.29 is 9.66 Å². The van der Waals surface area contributed by atoms with Gasteiger partial charge in [-0.05, 0) is 45.9 Å². The first-order chi connectivity index (χ1) is 8.58. The Kier molecular flexibility index (Phi) is 3.98. The second-order valence-corrected chi connectivity index (χ2v) is 5.56. The Labute approximate surface area is 116 Å². The van der Waals surface area contributed by atoms with Crippen molar-refractivity contribution in [3.8, 4) is 5.75 Å². The monoisotopic (exact) mass is 327 g/mol. The standard InChI is InChI=1S/C12H10BrNO3S/c1-8-2-3-10(14(15)16)11(6-8)17-7-12-9(13)4-5-18-12/h2-6H,7H2,1H3. The molecule has 0 N–H and O–H groups in total. The molecule has 0 aliphatic carbocycles. The first-order valence-electron chi connectivity index (χ1n) is 5.17. The average Bonchev–Trinajstić information content (AvgIpc) is 2.72. The second kappa shape index (κ2) is 5.49. The third kappa shape index (κ3) is 2.88. The maximum Gasteiger partial charge on any atom is 0.310 e. The number of hydrogen-bond acceptors (Lipinski definition) is 4. The Morgan fingerprint density at radius 2 is 2.22 bits per heavy atom. The number of thiophene rings is 1. The number of benzene rings is 1. The maximum absolute atomic E-state index is 10.9. The van der Waals surface area contributed by atoms with E-state index in [4.69, 9.17) is 4.74 Å². The lowest BCUT2D eigenvalue weighted by molar-refractivity contribution is -0.386. The molecule has 1 aromatic heterocycles. The lowest BCUT2D eigenvalue weighted by Gasteiger charge is -2.06. The number of ether oxygens (including phenoxy) is 1.